The number of nitrogens with zero attached hydrogens (tertiary/aromatic N) is 3. The highest BCUT2D eigenvalue weighted by molar-refractivity contribution is 6.29. The topological polar surface area (TPSA) is 110 Å². The predicted molar refractivity (Wildman–Crippen MR) is 98.3 cm³/mol. The van der Waals surface area contributed by atoms with E-state index in [2.05, 4.69) is 25.8 Å². The minimum atomic E-state index is -0.375. The van der Waals surface area contributed by atoms with E-state index >= 15 is 0 Å². The summed E-state index contributed by atoms with van der Waals surface area (Å²) in [7, 11) is 0. The smallest absolute Gasteiger partial charge is 0.273 e. The quantitative estimate of drug-likeness (QED) is 0.604. The van der Waals surface area contributed by atoms with Crippen molar-refractivity contribution < 1.29 is 14.1 Å². The van der Waals surface area contributed by atoms with Crippen LogP contribution in [-0.2, 0) is 0 Å². The third kappa shape index (κ3) is 5.11. The van der Waals surface area contributed by atoms with Gasteiger partial charge in [0.25, 0.3) is 11.8 Å². The van der Waals surface area contributed by atoms with Gasteiger partial charge in [0.1, 0.15) is 10.8 Å². The van der Waals surface area contributed by atoms with Crippen molar-refractivity contribution in [2.75, 3.05) is 13.1 Å². The first-order chi connectivity index (χ1) is 13.1. The highest BCUT2D eigenvalue weighted by Gasteiger charge is 2.13. The molecule has 0 atom stereocenters. The second kappa shape index (κ2) is 8.91. The van der Waals surface area contributed by atoms with E-state index in [4.69, 9.17) is 16.1 Å². The van der Waals surface area contributed by atoms with Crippen molar-refractivity contribution >= 4 is 23.4 Å². The lowest BCUT2D eigenvalue weighted by atomic mass is 10.1. The Hall–Kier alpha value is -3.26. The molecular formula is C18H16ClN5O3. The molecule has 1 aromatic carbocycles. The van der Waals surface area contributed by atoms with Crippen LogP contribution in [0.25, 0.3) is 11.3 Å². The summed E-state index contributed by atoms with van der Waals surface area (Å²) in [5, 5.41) is 9.34. The molecule has 2 aromatic heterocycles. The van der Waals surface area contributed by atoms with Crippen LogP contribution in [0.1, 0.15) is 27.4 Å². The zero-order valence-corrected chi connectivity index (χ0v) is 14.9. The van der Waals surface area contributed by atoms with Crippen LogP contribution in [0.15, 0.2) is 53.3 Å². The second-order valence-corrected chi connectivity index (χ2v) is 5.92. The Morgan fingerprint density at radius 2 is 1.70 bits per heavy atom. The van der Waals surface area contributed by atoms with Crippen LogP contribution in [0, 0.1) is 0 Å². The summed E-state index contributed by atoms with van der Waals surface area (Å²) >= 11 is 5.69. The third-order valence-corrected chi connectivity index (χ3v) is 3.75. The summed E-state index contributed by atoms with van der Waals surface area (Å²) in [6.45, 7) is 0.731. The zero-order valence-electron chi connectivity index (χ0n) is 14.2. The molecule has 0 aliphatic rings. The summed E-state index contributed by atoms with van der Waals surface area (Å²) in [6, 6.07) is 11.0. The van der Waals surface area contributed by atoms with Crippen LogP contribution in [-0.4, -0.2) is 40.0 Å². The number of aromatic nitrogens is 3. The highest BCUT2D eigenvalue weighted by atomic mass is 35.5. The van der Waals surface area contributed by atoms with Crippen molar-refractivity contribution in [3.63, 3.8) is 0 Å². The average molecular weight is 386 g/mol. The molecule has 0 bridgehead atoms. The summed E-state index contributed by atoms with van der Waals surface area (Å²) < 4.78 is 5.20. The Morgan fingerprint density at radius 3 is 2.41 bits per heavy atom. The fraction of sp³-hybridized carbons (Fsp3) is 0.167. The largest absolute Gasteiger partial charge is 0.355 e. The molecule has 138 valence electrons. The molecule has 0 saturated heterocycles. The fourth-order valence-corrected chi connectivity index (χ4v) is 2.39. The Balaban J connectivity index is 1.41. The van der Waals surface area contributed by atoms with Crippen LogP contribution in [0.3, 0.4) is 0 Å². The lowest BCUT2D eigenvalue weighted by Crippen LogP contribution is -2.30. The molecule has 9 heteroatoms. The minimum Gasteiger partial charge on any atom is -0.355 e. The molecule has 0 spiro atoms. The van der Waals surface area contributed by atoms with Crippen molar-refractivity contribution in [3.05, 3.63) is 65.3 Å². The van der Waals surface area contributed by atoms with Crippen LogP contribution in [0.2, 0.25) is 5.15 Å². The van der Waals surface area contributed by atoms with Gasteiger partial charge in [-0.2, -0.15) is 0 Å². The number of halogens is 1. The standard InChI is InChI=1S/C18H16ClN5O3/c19-16-11-20-10-14(23-16)18(26)22-8-4-7-21-17(25)13-9-15(27-24-13)12-5-2-1-3-6-12/h1-3,5-6,9-11H,4,7-8H2,(H,21,25)(H,22,26). The van der Waals surface area contributed by atoms with Crippen molar-refractivity contribution in [1.29, 1.82) is 0 Å². The van der Waals surface area contributed by atoms with E-state index in [0.29, 0.717) is 25.3 Å². The third-order valence-electron chi connectivity index (χ3n) is 3.56. The van der Waals surface area contributed by atoms with Gasteiger partial charge in [-0.15, -0.1) is 0 Å². The summed E-state index contributed by atoms with van der Waals surface area (Å²) in [6.07, 6.45) is 3.22. The number of amides is 2. The van der Waals surface area contributed by atoms with Crippen LogP contribution < -0.4 is 10.6 Å². The molecule has 27 heavy (non-hydrogen) atoms. The summed E-state index contributed by atoms with van der Waals surface area (Å²) in [4.78, 5) is 31.6. The Morgan fingerprint density at radius 1 is 1.00 bits per heavy atom. The first-order valence-corrected chi connectivity index (χ1v) is 8.57. The van der Waals surface area contributed by atoms with Crippen molar-refractivity contribution in [2.45, 2.75) is 6.42 Å². The van der Waals surface area contributed by atoms with Gasteiger partial charge in [0.2, 0.25) is 0 Å². The maximum absolute atomic E-state index is 12.1. The number of hydrogen-bond donors (Lipinski definition) is 2. The molecule has 3 rings (SSSR count). The van der Waals surface area contributed by atoms with Gasteiger partial charge < -0.3 is 15.2 Å². The van der Waals surface area contributed by atoms with E-state index in [9.17, 15) is 9.59 Å². The highest BCUT2D eigenvalue weighted by Crippen LogP contribution is 2.19. The van der Waals surface area contributed by atoms with E-state index in [1.165, 1.54) is 12.4 Å². The normalized spacial score (nSPS) is 10.4. The molecular weight excluding hydrogens is 370 g/mol. The van der Waals surface area contributed by atoms with E-state index in [-0.39, 0.29) is 28.4 Å². The summed E-state index contributed by atoms with van der Waals surface area (Å²) in [5.74, 6) is -0.191. The van der Waals surface area contributed by atoms with E-state index < -0.39 is 0 Å². The van der Waals surface area contributed by atoms with E-state index in [1.807, 2.05) is 30.3 Å². The van der Waals surface area contributed by atoms with Crippen molar-refractivity contribution in [2.24, 2.45) is 0 Å². The Kier molecular flexibility index (Phi) is 6.11. The molecule has 3 aromatic rings. The second-order valence-electron chi connectivity index (χ2n) is 5.53. The molecule has 0 saturated carbocycles. The van der Waals surface area contributed by atoms with E-state index in [1.54, 1.807) is 6.07 Å². The molecule has 0 fully saturated rings. The number of nitrogens with one attached hydrogen (secondary N) is 2. The summed E-state index contributed by atoms with van der Waals surface area (Å²) in [5.41, 5.74) is 1.19. The van der Waals surface area contributed by atoms with Gasteiger partial charge in [0.05, 0.1) is 12.4 Å². The lowest BCUT2D eigenvalue weighted by Gasteiger charge is -2.05. The maximum Gasteiger partial charge on any atom is 0.273 e. The SMILES string of the molecule is O=C(NCCCNC(=O)c1cncc(Cl)n1)c1cc(-c2ccccc2)on1. The van der Waals surface area contributed by atoms with Gasteiger partial charge in [0.15, 0.2) is 11.5 Å². The molecule has 2 N–H and O–H groups in total. The lowest BCUT2D eigenvalue weighted by molar-refractivity contribution is 0.0943. The monoisotopic (exact) mass is 385 g/mol. The molecule has 0 aliphatic heterocycles. The Labute approximate surface area is 160 Å². The first-order valence-electron chi connectivity index (χ1n) is 8.19. The van der Waals surface area contributed by atoms with Gasteiger partial charge in [-0.1, -0.05) is 47.1 Å². The van der Waals surface area contributed by atoms with Gasteiger partial charge >= 0.3 is 0 Å². The number of carbonyl (C=O) groups excluding carboxylic acids is 2. The predicted octanol–water partition coefficient (Wildman–Crippen LogP) is 2.33. The van der Waals surface area contributed by atoms with Gasteiger partial charge in [0, 0.05) is 24.7 Å². The Bertz CT molecular complexity index is 930. The maximum atomic E-state index is 12.1. The number of carbonyl (C=O) groups is 2. The molecule has 0 radical (unpaired) electrons. The van der Waals surface area contributed by atoms with Gasteiger partial charge in [-0.05, 0) is 6.42 Å². The number of hydrogen-bond acceptors (Lipinski definition) is 6. The molecule has 8 nitrogen and oxygen atoms in total. The van der Waals surface area contributed by atoms with Gasteiger partial charge in [-0.3, -0.25) is 14.6 Å². The van der Waals surface area contributed by atoms with Crippen LogP contribution in [0.5, 0.6) is 0 Å². The van der Waals surface area contributed by atoms with Crippen molar-refractivity contribution in [1.82, 2.24) is 25.8 Å². The molecule has 2 heterocycles. The van der Waals surface area contributed by atoms with Crippen LogP contribution >= 0.6 is 11.6 Å². The molecule has 0 aliphatic carbocycles. The van der Waals surface area contributed by atoms with Crippen molar-refractivity contribution in [3.8, 4) is 11.3 Å². The first kappa shape index (κ1) is 18.5. The number of benzene rings is 1. The molecule has 2 amide bonds. The average Bonchev–Trinajstić information content (AvgIpc) is 3.18. The van der Waals surface area contributed by atoms with E-state index in [0.717, 1.165) is 5.56 Å². The van der Waals surface area contributed by atoms with Crippen LogP contribution in [0.4, 0.5) is 0 Å². The molecule has 0 unspecified atom stereocenters. The zero-order chi connectivity index (χ0) is 19.1. The minimum absolute atomic E-state index is 0.141. The fourth-order valence-electron chi connectivity index (χ4n) is 2.25. The van der Waals surface area contributed by atoms with Gasteiger partial charge in [-0.25, -0.2) is 4.98 Å². The number of rotatable bonds is 7.